The molecular formula is C8H10Br2N2. The molecule has 0 radical (unpaired) electrons. The van der Waals surface area contributed by atoms with Crippen molar-refractivity contribution in [1.29, 1.82) is 0 Å². The van der Waals surface area contributed by atoms with E-state index in [9.17, 15) is 0 Å². The molecule has 1 aromatic heterocycles. The summed E-state index contributed by atoms with van der Waals surface area (Å²) in [4.78, 5) is 4.23. The van der Waals surface area contributed by atoms with Gasteiger partial charge in [-0.3, -0.25) is 4.98 Å². The van der Waals surface area contributed by atoms with Gasteiger partial charge in [-0.1, -0.05) is 0 Å². The third-order valence-electron chi connectivity index (χ3n) is 1.42. The summed E-state index contributed by atoms with van der Waals surface area (Å²) in [7, 11) is 0. The first-order valence-electron chi connectivity index (χ1n) is 3.51. The Morgan fingerprint density at radius 3 is 2.42 bits per heavy atom. The van der Waals surface area contributed by atoms with Gasteiger partial charge in [0.05, 0.1) is 11.2 Å². The number of hydrogen-bond donors (Lipinski definition) is 1. The summed E-state index contributed by atoms with van der Waals surface area (Å²) in [6.45, 7) is 3.85. The Hall–Kier alpha value is 0.0700. The van der Waals surface area contributed by atoms with Crippen LogP contribution in [0.4, 0.5) is 0 Å². The first kappa shape index (κ1) is 10.2. The molecule has 0 spiro atoms. The van der Waals surface area contributed by atoms with Gasteiger partial charge in [0, 0.05) is 15.1 Å². The maximum atomic E-state index is 5.90. The summed E-state index contributed by atoms with van der Waals surface area (Å²) in [6.07, 6.45) is 1.74. The maximum absolute atomic E-state index is 5.90. The van der Waals surface area contributed by atoms with Crippen LogP contribution < -0.4 is 5.73 Å². The summed E-state index contributed by atoms with van der Waals surface area (Å²) in [5.74, 6) is 0. The Morgan fingerprint density at radius 2 is 2.00 bits per heavy atom. The van der Waals surface area contributed by atoms with E-state index in [1.54, 1.807) is 6.20 Å². The molecule has 0 bridgehead atoms. The average Bonchev–Trinajstić information content (AvgIpc) is 1.83. The molecule has 0 saturated heterocycles. The molecule has 0 saturated carbocycles. The average molecular weight is 294 g/mol. The molecule has 66 valence electrons. The van der Waals surface area contributed by atoms with Gasteiger partial charge in [0.25, 0.3) is 0 Å². The number of pyridine rings is 1. The molecule has 0 atom stereocenters. The van der Waals surface area contributed by atoms with Crippen molar-refractivity contribution in [2.75, 3.05) is 0 Å². The summed E-state index contributed by atoms with van der Waals surface area (Å²) < 4.78 is 1.88. The topological polar surface area (TPSA) is 38.9 Å². The van der Waals surface area contributed by atoms with Gasteiger partial charge in [-0.25, -0.2) is 0 Å². The van der Waals surface area contributed by atoms with Crippen molar-refractivity contribution in [2.24, 2.45) is 5.73 Å². The van der Waals surface area contributed by atoms with E-state index in [0.29, 0.717) is 0 Å². The number of halogens is 2. The van der Waals surface area contributed by atoms with Crippen molar-refractivity contribution < 1.29 is 0 Å². The van der Waals surface area contributed by atoms with Gasteiger partial charge >= 0.3 is 0 Å². The minimum Gasteiger partial charge on any atom is -0.321 e. The van der Waals surface area contributed by atoms with Gasteiger partial charge in [-0.2, -0.15) is 0 Å². The highest BCUT2D eigenvalue weighted by Crippen LogP contribution is 2.26. The third-order valence-corrected chi connectivity index (χ3v) is 2.46. The highest BCUT2D eigenvalue weighted by atomic mass is 79.9. The zero-order valence-corrected chi connectivity index (χ0v) is 10.1. The van der Waals surface area contributed by atoms with Crippen LogP contribution in [-0.4, -0.2) is 4.98 Å². The molecule has 0 aliphatic carbocycles. The highest BCUT2D eigenvalue weighted by molar-refractivity contribution is 9.11. The first-order chi connectivity index (χ1) is 5.41. The predicted octanol–water partition coefficient (Wildman–Crippen LogP) is 2.80. The van der Waals surface area contributed by atoms with Crippen LogP contribution in [0.5, 0.6) is 0 Å². The molecule has 4 heteroatoms. The van der Waals surface area contributed by atoms with Gasteiger partial charge in [-0.15, -0.1) is 0 Å². The zero-order chi connectivity index (χ0) is 9.35. The number of aromatic nitrogens is 1. The molecule has 2 N–H and O–H groups in total. The fraction of sp³-hybridized carbons (Fsp3) is 0.375. The van der Waals surface area contributed by atoms with Gasteiger partial charge < -0.3 is 5.73 Å². The molecule has 0 aromatic carbocycles. The molecule has 1 rings (SSSR count). The standard InChI is InChI=1S/C8H10Br2N2/c1-8(2,11)7-6(10)3-5(9)4-12-7/h3-4H,11H2,1-2H3. The molecule has 1 heterocycles. The minimum atomic E-state index is -0.403. The van der Waals surface area contributed by atoms with Crippen molar-refractivity contribution in [3.8, 4) is 0 Å². The first-order valence-corrected chi connectivity index (χ1v) is 5.10. The van der Waals surface area contributed by atoms with Crippen LogP contribution in [-0.2, 0) is 5.54 Å². The number of rotatable bonds is 1. The van der Waals surface area contributed by atoms with E-state index >= 15 is 0 Å². The van der Waals surface area contributed by atoms with Crippen LogP contribution in [0.25, 0.3) is 0 Å². The Kier molecular flexibility index (Phi) is 2.91. The van der Waals surface area contributed by atoms with E-state index in [1.807, 2.05) is 19.9 Å². The van der Waals surface area contributed by atoms with Crippen molar-refractivity contribution in [3.63, 3.8) is 0 Å². The Morgan fingerprint density at radius 1 is 1.42 bits per heavy atom. The van der Waals surface area contributed by atoms with Crippen molar-refractivity contribution in [3.05, 3.63) is 26.9 Å². The number of hydrogen-bond acceptors (Lipinski definition) is 2. The zero-order valence-electron chi connectivity index (χ0n) is 6.94. The largest absolute Gasteiger partial charge is 0.321 e. The van der Waals surface area contributed by atoms with Crippen LogP contribution in [0.3, 0.4) is 0 Å². The lowest BCUT2D eigenvalue weighted by atomic mass is 10.0. The lowest BCUT2D eigenvalue weighted by molar-refractivity contribution is 0.532. The van der Waals surface area contributed by atoms with E-state index in [1.165, 1.54) is 0 Å². The summed E-state index contributed by atoms with van der Waals surface area (Å²) in [5, 5.41) is 0. The lowest BCUT2D eigenvalue weighted by Gasteiger charge is -2.19. The SMILES string of the molecule is CC(C)(N)c1ncc(Br)cc1Br. The fourth-order valence-corrected chi connectivity index (χ4v) is 2.39. The van der Waals surface area contributed by atoms with Gasteiger partial charge in [0.2, 0.25) is 0 Å². The molecule has 0 aliphatic rings. The van der Waals surface area contributed by atoms with Gasteiger partial charge in [0.15, 0.2) is 0 Å². The van der Waals surface area contributed by atoms with Gasteiger partial charge in [0.1, 0.15) is 0 Å². The molecule has 1 aromatic rings. The lowest BCUT2D eigenvalue weighted by Crippen LogP contribution is -2.30. The molecule has 0 amide bonds. The third kappa shape index (κ3) is 2.28. The molecule has 0 aliphatic heterocycles. The summed E-state index contributed by atoms with van der Waals surface area (Å²) in [6, 6.07) is 1.94. The van der Waals surface area contributed by atoms with E-state index < -0.39 is 5.54 Å². The fourth-order valence-electron chi connectivity index (χ4n) is 0.889. The monoisotopic (exact) mass is 292 g/mol. The number of nitrogens with two attached hydrogens (primary N) is 1. The summed E-state index contributed by atoms with van der Waals surface area (Å²) >= 11 is 6.74. The van der Waals surface area contributed by atoms with Gasteiger partial charge in [-0.05, 0) is 51.8 Å². The summed E-state index contributed by atoms with van der Waals surface area (Å²) in [5.41, 5.74) is 6.36. The maximum Gasteiger partial charge on any atom is 0.0739 e. The molecular weight excluding hydrogens is 284 g/mol. The molecule has 12 heavy (non-hydrogen) atoms. The van der Waals surface area contributed by atoms with E-state index in [4.69, 9.17) is 5.73 Å². The van der Waals surface area contributed by atoms with E-state index in [-0.39, 0.29) is 0 Å². The second-order valence-electron chi connectivity index (χ2n) is 3.21. The number of nitrogens with zero attached hydrogens (tertiary/aromatic N) is 1. The van der Waals surface area contributed by atoms with Crippen LogP contribution >= 0.6 is 31.9 Å². The Balaban J connectivity index is 3.19. The Bertz CT molecular complexity index is 292. The van der Waals surface area contributed by atoms with Crippen LogP contribution in [0.15, 0.2) is 21.2 Å². The van der Waals surface area contributed by atoms with Crippen LogP contribution in [0, 0.1) is 0 Å². The van der Waals surface area contributed by atoms with Crippen LogP contribution in [0.1, 0.15) is 19.5 Å². The molecule has 2 nitrogen and oxygen atoms in total. The second-order valence-corrected chi connectivity index (χ2v) is 4.98. The Labute approximate surface area is 88.8 Å². The predicted molar refractivity (Wildman–Crippen MR) is 56.9 cm³/mol. The normalized spacial score (nSPS) is 11.8. The van der Waals surface area contributed by atoms with Crippen LogP contribution in [0.2, 0.25) is 0 Å². The highest BCUT2D eigenvalue weighted by Gasteiger charge is 2.18. The van der Waals surface area contributed by atoms with Crippen molar-refractivity contribution in [1.82, 2.24) is 4.98 Å². The van der Waals surface area contributed by atoms with Crippen molar-refractivity contribution in [2.45, 2.75) is 19.4 Å². The molecule has 0 unspecified atom stereocenters. The van der Waals surface area contributed by atoms with E-state index in [2.05, 4.69) is 36.8 Å². The quantitative estimate of drug-likeness (QED) is 0.865. The van der Waals surface area contributed by atoms with Crippen molar-refractivity contribution >= 4 is 31.9 Å². The minimum absolute atomic E-state index is 0.403. The molecule has 0 fully saturated rings. The van der Waals surface area contributed by atoms with E-state index in [0.717, 1.165) is 14.6 Å². The smallest absolute Gasteiger partial charge is 0.0739 e. The second kappa shape index (κ2) is 3.44.